The summed E-state index contributed by atoms with van der Waals surface area (Å²) in [7, 11) is 0. The molecule has 24 heavy (non-hydrogen) atoms. The van der Waals surface area contributed by atoms with E-state index in [1.807, 2.05) is 6.07 Å². The Morgan fingerprint density at radius 2 is 2.04 bits per heavy atom. The third kappa shape index (κ3) is 4.70. The van der Waals surface area contributed by atoms with Crippen LogP contribution in [0, 0.1) is 13.8 Å². The molecule has 3 rings (SSSR count). The lowest BCUT2D eigenvalue weighted by Gasteiger charge is -2.10. The van der Waals surface area contributed by atoms with E-state index < -0.39 is 0 Å². The second-order valence-electron chi connectivity index (χ2n) is 6.13. The van der Waals surface area contributed by atoms with E-state index in [0.717, 1.165) is 28.0 Å². The Bertz CT molecular complexity index is 710. The first-order valence-electron chi connectivity index (χ1n) is 8.20. The number of hydrogen-bond acceptors (Lipinski definition) is 6. The largest absolute Gasteiger partial charge is 0.353 e. The fraction of sp³-hybridized carbons (Fsp3) is 0.471. The van der Waals surface area contributed by atoms with Gasteiger partial charge in [-0.05, 0) is 49.9 Å². The van der Waals surface area contributed by atoms with Crippen molar-refractivity contribution in [3.05, 3.63) is 29.3 Å². The molecule has 1 heterocycles. The molecular formula is C17H22N4OS2. The molecular weight excluding hydrogens is 340 g/mol. The minimum absolute atomic E-state index is 0.0887. The normalized spacial score (nSPS) is 14.8. The van der Waals surface area contributed by atoms with E-state index in [4.69, 9.17) is 0 Å². The Balaban J connectivity index is 1.49. The lowest BCUT2D eigenvalue weighted by atomic mass is 10.1. The molecule has 0 spiro atoms. The van der Waals surface area contributed by atoms with Gasteiger partial charge in [-0.3, -0.25) is 4.79 Å². The number of rotatable bonds is 6. The summed E-state index contributed by atoms with van der Waals surface area (Å²) in [5.74, 6) is 0.486. The molecule has 0 saturated heterocycles. The van der Waals surface area contributed by atoms with Crippen molar-refractivity contribution in [1.29, 1.82) is 0 Å². The molecule has 2 aromatic rings. The van der Waals surface area contributed by atoms with Crippen molar-refractivity contribution in [2.24, 2.45) is 0 Å². The van der Waals surface area contributed by atoms with Gasteiger partial charge in [0.15, 0.2) is 4.34 Å². The molecule has 128 valence electrons. The Hall–Kier alpha value is -1.60. The van der Waals surface area contributed by atoms with Crippen molar-refractivity contribution in [3.63, 3.8) is 0 Å². The number of thioether (sulfide) groups is 1. The molecule has 2 N–H and O–H groups in total. The number of carbonyl (C=O) groups is 1. The summed E-state index contributed by atoms with van der Waals surface area (Å²) < 4.78 is 0.808. The zero-order chi connectivity index (χ0) is 16.9. The summed E-state index contributed by atoms with van der Waals surface area (Å²) >= 11 is 2.91. The molecule has 0 radical (unpaired) electrons. The van der Waals surface area contributed by atoms with Gasteiger partial charge in [-0.15, -0.1) is 10.2 Å². The van der Waals surface area contributed by atoms with Crippen LogP contribution in [0.1, 0.15) is 36.8 Å². The van der Waals surface area contributed by atoms with E-state index in [0.29, 0.717) is 11.8 Å². The monoisotopic (exact) mass is 362 g/mol. The highest BCUT2D eigenvalue weighted by Gasteiger charge is 2.17. The highest BCUT2D eigenvalue weighted by atomic mass is 32.2. The second-order valence-corrected chi connectivity index (χ2v) is 8.33. The summed E-state index contributed by atoms with van der Waals surface area (Å²) in [5, 5.41) is 15.4. The fourth-order valence-electron chi connectivity index (χ4n) is 2.73. The van der Waals surface area contributed by atoms with Crippen LogP contribution in [-0.4, -0.2) is 27.9 Å². The van der Waals surface area contributed by atoms with E-state index in [-0.39, 0.29) is 5.91 Å². The van der Waals surface area contributed by atoms with Crippen molar-refractivity contribution < 1.29 is 4.79 Å². The number of hydrogen-bond donors (Lipinski definition) is 2. The maximum Gasteiger partial charge on any atom is 0.230 e. The van der Waals surface area contributed by atoms with Crippen LogP contribution in [0.4, 0.5) is 10.8 Å². The van der Waals surface area contributed by atoms with Gasteiger partial charge in [0.05, 0.1) is 5.75 Å². The van der Waals surface area contributed by atoms with Crippen LogP contribution in [-0.2, 0) is 4.79 Å². The zero-order valence-corrected chi connectivity index (χ0v) is 15.6. The summed E-state index contributed by atoms with van der Waals surface area (Å²) in [6, 6.07) is 6.58. The van der Waals surface area contributed by atoms with Crippen molar-refractivity contribution in [2.75, 3.05) is 11.1 Å². The number of nitrogens with zero attached hydrogens (tertiary/aromatic N) is 2. The standard InChI is InChI=1S/C17H22N4OS2/c1-11-7-8-14(9-12(11)2)19-16-20-21-17(24-16)23-10-15(22)18-13-5-3-4-6-13/h7-9,13H,3-6,10H2,1-2H3,(H,18,22)(H,19,20). The molecule has 1 amide bonds. The number of carbonyl (C=O) groups excluding carboxylic acids is 1. The minimum Gasteiger partial charge on any atom is -0.353 e. The van der Waals surface area contributed by atoms with E-state index in [1.54, 1.807) is 0 Å². The van der Waals surface area contributed by atoms with Crippen LogP contribution in [0.25, 0.3) is 0 Å². The Kier molecular flexibility index (Phi) is 5.73. The van der Waals surface area contributed by atoms with Gasteiger partial charge in [-0.2, -0.15) is 0 Å². The highest BCUT2D eigenvalue weighted by Crippen LogP contribution is 2.28. The van der Waals surface area contributed by atoms with Gasteiger partial charge >= 0.3 is 0 Å². The van der Waals surface area contributed by atoms with Crippen LogP contribution in [0.2, 0.25) is 0 Å². The molecule has 1 aliphatic carbocycles. The topological polar surface area (TPSA) is 66.9 Å². The van der Waals surface area contributed by atoms with Crippen molar-refractivity contribution in [2.45, 2.75) is 49.9 Å². The van der Waals surface area contributed by atoms with Crippen LogP contribution in [0.15, 0.2) is 22.5 Å². The van der Waals surface area contributed by atoms with Gasteiger partial charge in [0.2, 0.25) is 11.0 Å². The average Bonchev–Trinajstić information content (AvgIpc) is 3.21. The van der Waals surface area contributed by atoms with Gasteiger partial charge in [-0.25, -0.2) is 0 Å². The molecule has 1 fully saturated rings. The molecule has 5 nitrogen and oxygen atoms in total. The third-order valence-corrected chi connectivity index (χ3v) is 6.18. The zero-order valence-electron chi connectivity index (χ0n) is 14.0. The Morgan fingerprint density at radius 3 is 2.79 bits per heavy atom. The molecule has 1 aliphatic rings. The molecule has 0 bridgehead atoms. The summed E-state index contributed by atoms with van der Waals surface area (Å²) in [5.41, 5.74) is 3.51. The fourth-order valence-corrected chi connectivity index (χ4v) is 4.31. The van der Waals surface area contributed by atoms with Gasteiger partial charge in [0, 0.05) is 11.7 Å². The third-order valence-electron chi connectivity index (χ3n) is 4.21. The van der Waals surface area contributed by atoms with Crippen molar-refractivity contribution in [1.82, 2.24) is 15.5 Å². The quantitative estimate of drug-likeness (QED) is 0.759. The SMILES string of the molecule is Cc1ccc(Nc2nnc(SCC(=O)NC3CCCC3)s2)cc1C. The van der Waals surface area contributed by atoms with Crippen molar-refractivity contribution in [3.8, 4) is 0 Å². The lowest BCUT2D eigenvalue weighted by Crippen LogP contribution is -2.33. The molecule has 1 aromatic carbocycles. The summed E-state index contributed by atoms with van der Waals surface area (Å²) in [6.07, 6.45) is 4.67. The molecule has 0 aliphatic heterocycles. The Morgan fingerprint density at radius 1 is 1.25 bits per heavy atom. The summed E-state index contributed by atoms with van der Waals surface area (Å²) in [6.45, 7) is 4.18. The maximum absolute atomic E-state index is 11.9. The highest BCUT2D eigenvalue weighted by molar-refractivity contribution is 8.01. The molecule has 1 saturated carbocycles. The smallest absolute Gasteiger partial charge is 0.230 e. The molecule has 1 aromatic heterocycles. The number of anilines is 2. The van der Waals surface area contributed by atoms with Gasteiger partial charge in [-0.1, -0.05) is 42.0 Å². The number of aryl methyl sites for hydroxylation is 2. The maximum atomic E-state index is 11.9. The van der Waals surface area contributed by atoms with Crippen LogP contribution in [0.3, 0.4) is 0 Å². The first-order chi connectivity index (χ1) is 11.6. The van der Waals surface area contributed by atoms with Crippen LogP contribution >= 0.6 is 23.1 Å². The van der Waals surface area contributed by atoms with Crippen LogP contribution < -0.4 is 10.6 Å². The summed E-state index contributed by atoms with van der Waals surface area (Å²) in [4.78, 5) is 11.9. The van der Waals surface area contributed by atoms with Gasteiger partial charge in [0.1, 0.15) is 0 Å². The predicted molar refractivity (Wildman–Crippen MR) is 100 cm³/mol. The van der Waals surface area contributed by atoms with Gasteiger partial charge in [0.25, 0.3) is 0 Å². The van der Waals surface area contributed by atoms with E-state index >= 15 is 0 Å². The van der Waals surface area contributed by atoms with E-state index in [1.165, 1.54) is 47.1 Å². The lowest BCUT2D eigenvalue weighted by molar-refractivity contribution is -0.119. The van der Waals surface area contributed by atoms with Crippen LogP contribution in [0.5, 0.6) is 0 Å². The number of aromatic nitrogens is 2. The van der Waals surface area contributed by atoms with Gasteiger partial charge < -0.3 is 10.6 Å². The first-order valence-corrected chi connectivity index (χ1v) is 10.0. The molecule has 0 unspecified atom stereocenters. The Labute approximate surface area is 150 Å². The van der Waals surface area contributed by atoms with E-state index in [9.17, 15) is 4.79 Å². The van der Waals surface area contributed by atoms with E-state index in [2.05, 4.69) is 46.8 Å². The molecule has 0 atom stereocenters. The predicted octanol–water partition coefficient (Wildman–Crippen LogP) is 4.05. The number of amides is 1. The van der Waals surface area contributed by atoms with Crippen molar-refractivity contribution >= 4 is 39.8 Å². The number of nitrogens with one attached hydrogen (secondary N) is 2. The second kappa shape index (κ2) is 7.98. The minimum atomic E-state index is 0.0887. The number of benzene rings is 1. The first kappa shape index (κ1) is 17.2. The molecule has 7 heteroatoms. The average molecular weight is 363 g/mol.